The molecule has 0 radical (unpaired) electrons. The van der Waals surface area contributed by atoms with Crippen LogP contribution in [0.4, 0.5) is 5.69 Å². The summed E-state index contributed by atoms with van der Waals surface area (Å²) in [6.07, 6.45) is 0. The van der Waals surface area contributed by atoms with Crippen molar-refractivity contribution in [3.63, 3.8) is 0 Å². The number of nitrogens with one attached hydrogen (secondary N) is 2. The lowest BCUT2D eigenvalue weighted by Gasteiger charge is -2.34. The second-order valence-corrected chi connectivity index (χ2v) is 9.18. The van der Waals surface area contributed by atoms with Crippen LogP contribution >= 0.6 is 0 Å². The van der Waals surface area contributed by atoms with Gasteiger partial charge in [-0.1, -0.05) is 0 Å². The Kier molecular flexibility index (Phi) is 5.65. The Morgan fingerprint density at radius 3 is 2.39 bits per heavy atom. The number of fused-ring (bicyclic) bond motifs is 2. The van der Waals surface area contributed by atoms with Crippen molar-refractivity contribution >= 4 is 33.5 Å². The van der Waals surface area contributed by atoms with Gasteiger partial charge in [-0.25, -0.2) is 9.97 Å². The number of ketones is 1. The summed E-state index contributed by atoms with van der Waals surface area (Å²) in [6.45, 7) is 6.66. The van der Waals surface area contributed by atoms with Gasteiger partial charge in [-0.05, 0) is 74.6 Å². The molecule has 2 aromatic heterocycles. The molecule has 0 amide bonds. The highest BCUT2D eigenvalue weighted by molar-refractivity contribution is 6.09. The second kappa shape index (κ2) is 9.13. The van der Waals surface area contributed by atoms with Gasteiger partial charge < -0.3 is 24.5 Å². The molecule has 3 aromatic carbocycles. The van der Waals surface area contributed by atoms with Crippen molar-refractivity contribution in [2.45, 2.75) is 6.92 Å². The Labute approximate surface area is 208 Å². The molecule has 1 fully saturated rings. The van der Waals surface area contributed by atoms with E-state index < -0.39 is 0 Å². The van der Waals surface area contributed by atoms with Crippen LogP contribution in [0.15, 0.2) is 60.7 Å². The number of anilines is 1. The number of likely N-dealkylation sites (N-methyl/N-ethyl adjacent to an activating group) is 1. The first-order chi connectivity index (χ1) is 17.6. The maximum Gasteiger partial charge on any atom is 0.228 e. The first-order valence-corrected chi connectivity index (χ1v) is 12.3. The predicted octanol–water partition coefficient (Wildman–Crippen LogP) is 4.49. The van der Waals surface area contributed by atoms with Crippen LogP contribution in [0.1, 0.15) is 23.1 Å². The fraction of sp³-hybridized carbons (Fsp3) is 0.250. The number of aromatic amines is 2. The smallest absolute Gasteiger partial charge is 0.228 e. The number of aromatic nitrogens is 4. The molecule has 36 heavy (non-hydrogen) atoms. The predicted molar refractivity (Wildman–Crippen MR) is 142 cm³/mol. The van der Waals surface area contributed by atoms with Crippen LogP contribution in [0.25, 0.3) is 33.5 Å². The van der Waals surface area contributed by atoms with Crippen molar-refractivity contribution in [1.29, 1.82) is 0 Å². The number of ether oxygens (including phenoxy) is 1. The molecule has 182 valence electrons. The molecule has 8 nitrogen and oxygen atoms in total. The van der Waals surface area contributed by atoms with E-state index in [9.17, 15) is 4.79 Å². The number of nitrogens with zero attached hydrogens (tertiary/aromatic N) is 4. The highest BCUT2D eigenvalue weighted by atomic mass is 16.5. The number of hydrogen-bond acceptors (Lipinski definition) is 6. The Balaban J connectivity index is 1.25. The summed E-state index contributed by atoms with van der Waals surface area (Å²) < 4.78 is 5.52. The van der Waals surface area contributed by atoms with Gasteiger partial charge in [0.2, 0.25) is 5.78 Å². The minimum Gasteiger partial charge on any atom is -0.494 e. The topological polar surface area (TPSA) is 90.1 Å². The minimum atomic E-state index is -0.147. The Bertz CT molecular complexity index is 1540. The van der Waals surface area contributed by atoms with Gasteiger partial charge in [0, 0.05) is 43.0 Å². The molecule has 1 aliphatic heterocycles. The third kappa shape index (κ3) is 4.20. The third-order valence-electron chi connectivity index (χ3n) is 6.73. The highest BCUT2D eigenvalue weighted by Crippen LogP contribution is 2.26. The quantitative estimate of drug-likeness (QED) is 0.348. The van der Waals surface area contributed by atoms with Gasteiger partial charge >= 0.3 is 0 Å². The van der Waals surface area contributed by atoms with Crippen LogP contribution in [0.3, 0.4) is 0 Å². The Hall–Kier alpha value is -4.17. The van der Waals surface area contributed by atoms with E-state index in [4.69, 9.17) is 4.74 Å². The Morgan fingerprint density at radius 1 is 0.889 bits per heavy atom. The summed E-state index contributed by atoms with van der Waals surface area (Å²) in [5.74, 6) is 1.77. The molecule has 2 N–H and O–H groups in total. The first-order valence-electron chi connectivity index (χ1n) is 12.3. The molecular formula is C28H28N6O2. The summed E-state index contributed by atoms with van der Waals surface area (Å²) in [6, 6.07) is 19.5. The van der Waals surface area contributed by atoms with E-state index in [1.165, 1.54) is 0 Å². The average Bonchev–Trinajstić information content (AvgIpc) is 3.53. The van der Waals surface area contributed by atoms with Gasteiger partial charge in [-0.2, -0.15) is 0 Å². The normalized spacial score (nSPS) is 14.6. The van der Waals surface area contributed by atoms with Crippen molar-refractivity contribution in [2.75, 3.05) is 44.7 Å². The molecule has 0 saturated carbocycles. The molecule has 0 atom stereocenters. The van der Waals surface area contributed by atoms with E-state index in [-0.39, 0.29) is 5.78 Å². The molecule has 6 rings (SSSR count). The molecule has 0 unspecified atom stereocenters. The van der Waals surface area contributed by atoms with Crippen molar-refractivity contribution in [3.05, 3.63) is 72.1 Å². The van der Waals surface area contributed by atoms with Crippen LogP contribution in [-0.2, 0) is 0 Å². The second-order valence-electron chi connectivity index (χ2n) is 9.18. The maximum absolute atomic E-state index is 13.3. The zero-order chi connectivity index (χ0) is 24.6. The lowest BCUT2D eigenvalue weighted by Crippen LogP contribution is -2.44. The van der Waals surface area contributed by atoms with Gasteiger partial charge in [0.05, 0.1) is 28.7 Å². The first kappa shape index (κ1) is 22.3. The highest BCUT2D eigenvalue weighted by Gasteiger charge is 2.18. The molecule has 0 bridgehead atoms. The minimum absolute atomic E-state index is 0.147. The van der Waals surface area contributed by atoms with Gasteiger partial charge in [-0.15, -0.1) is 0 Å². The van der Waals surface area contributed by atoms with Crippen LogP contribution in [0.5, 0.6) is 5.75 Å². The van der Waals surface area contributed by atoms with Crippen LogP contribution < -0.4 is 9.64 Å². The largest absolute Gasteiger partial charge is 0.494 e. The van der Waals surface area contributed by atoms with Crippen LogP contribution in [0, 0.1) is 0 Å². The molecule has 0 aliphatic carbocycles. The zero-order valence-electron chi connectivity index (χ0n) is 20.4. The summed E-state index contributed by atoms with van der Waals surface area (Å²) in [4.78, 5) is 33.8. The van der Waals surface area contributed by atoms with Gasteiger partial charge in [0.1, 0.15) is 11.6 Å². The van der Waals surface area contributed by atoms with E-state index in [1.54, 1.807) is 6.07 Å². The van der Waals surface area contributed by atoms with Crippen molar-refractivity contribution in [1.82, 2.24) is 24.8 Å². The number of piperazine rings is 1. The zero-order valence-corrected chi connectivity index (χ0v) is 20.4. The summed E-state index contributed by atoms with van der Waals surface area (Å²) >= 11 is 0. The number of carbonyl (C=O) groups is 1. The summed E-state index contributed by atoms with van der Waals surface area (Å²) in [5, 5.41) is 0. The molecule has 1 aliphatic rings. The SMILES string of the molecule is CCOc1ccc(-c2nc3ccc(C(=O)c4nc5ccc(N6CCN(C)CC6)cc5[nH]4)cc3[nH]2)cc1. The van der Waals surface area contributed by atoms with E-state index in [0.29, 0.717) is 18.0 Å². The molecule has 0 spiro atoms. The summed E-state index contributed by atoms with van der Waals surface area (Å²) in [7, 11) is 2.15. The standard InChI is InChI=1S/C28H28N6O2/c1-3-36-21-8-4-18(5-9-21)27-29-22-10-6-19(16-24(22)31-27)26(35)28-30-23-11-7-20(17-25(23)32-28)34-14-12-33(2)13-15-34/h4-11,16-17H,3,12-15H2,1-2H3,(H,29,31)(H,30,32). The molecule has 8 heteroatoms. The Morgan fingerprint density at radius 2 is 1.61 bits per heavy atom. The number of rotatable bonds is 6. The molecule has 1 saturated heterocycles. The number of carbonyl (C=O) groups excluding carboxylic acids is 1. The third-order valence-corrected chi connectivity index (χ3v) is 6.73. The monoisotopic (exact) mass is 480 g/mol. The van der Waals surface area contributed by atoms with Gasteiger partial charge in [0.15, 0.2) is 5.82 Å². The van der Waals surface area contributed by atoms with Gasteiger partial charge in [-0.3, -0.25) is 4.79 Å². The molecular weight excluding hydrogens is 452 g/mol. The van der Waals surface area contributed by atoms with Crippen molar-refractivity contribution in [2.24, 2.45) is 0 Å². The fourth-order valence-corrected chi connectivity index (χ4v) is 4.67. The molecule has 5 aromatic rings. The van der Waals surface area contributed by atoms with Gasteiger partial charge in [0.25, 0.3) is 0 Å². The molecule has 3 heterocycles. The number of imidazole rings is 2. The number of H-pyrrole nitrogens is 2. The van der Waals surface area contributed by atoms with Crippen molar-refractivity contribution < 1.29 is 9.53 Å². The van der Waals surface area contributed by atoms with E-state index in [1.807, 2.05) is 49.4 Å². The van der Waals surface area contributed by atoms with Crippen LogP contribution in [-0.4, -0.2) is 70.5 Å². The fourth-order valence-electron chi connectivity index (χ4n) is 4.67. The van der Waals surface area contributed by atoms with E-state index >= 15 is 0 Å². The summed E-state index contributed by atoms with van der Waals surface area (Å²) in [5.41, 5.74) is 5.93. The van der Waals surface area contributed by atoms with Crippen LogP contribution in [0.2, 0.25) is 0 Å². The number of hydrogen-bond donors (Lipinski definition) is 2. The number of benzene rings is 3. The van der Waals surface area contributed by atoms with Crippen molar-refractivity contribution in [3.8, 4) is 17.1 Å². The van der Waals surface area contributed by atoms with E-state index in [2.05, 4.69) is 48.9 Å². The van der Waals surface area contributed by atoms with E-state index in [0.717, 1.165) is 71.1 Å². The lowest BCUT2D eigenvalue weighted by molar-refractivity contribution is 0.103. The average molecular weight is 481 g/mol. The maximum atomic E-state index is 13.3. The lowest BCUT2D eigenvalue weighted by atomic mass is 10.1.